The molecule has 1 aliphatic heterocycles. The highest BCUT2D eigenvalue weighted by molar-refractivity contribution is 6.23. The van der Waals surface area contributed by atoms with Gasteiger partial charge in [0.1, 0.15) is 11.3 Å². The average molecular weight is 397 g/mol. The van der Waals surface area contributed by atoms with Gasteiger partial charge in [0.15, 0.2) is 0 Å². The van der Waals surface area contributed by atoms with Crippen molar-refractivity contribution in [3.63, 3.8) is 0 Å². The van der Waals surface area contributed by atoms with E-state index < -0.39 is 28.3 Å². The van der Waals surface area contributed by atoms with Gasteiger partial charge in [0.05, 0.1) is 16.6 Å². The fourth-order valence-corrected chi connectivity index (χ4v) is 3.00. The molecule has 1 N–H and O–H groups in total. The summed E-state index contributed by atoms with van der Waals surface area (Å²) in [6, 6.07) is 10.7. The van der Waals surface area contributed by atoms with Crippen molar-refractivity contribution in [2.45, 2.75) is 26.4 Å². The number of hydrogen-bond donors (Lipinski definition) is 1. The van der Waals surface area contributed by atoms with Crippen LogP contribution in [0.3, 0.4) is 0 Å². The number of rotatable bonds is 7. The van der Waals surface area contributed by atoms with Crippen molar-refractivity contribution in [1.82, 2.24) is 4.90 Å². The third-order valence-corrected chi connectivity index (χ3v) is 4.25. The Kier molecular flexibility index (Phi) is 5.58. The third-order valence-electron chi connectivity index (χ3n) is 4.25. The Labute approximate surface area is 166 Å². The smallest absolute Gasteiger partial charge is 0.282 e. The van der Waals surface area contributed by atoms with Crippen LogP contribution in [0.25, 0.3) is 0 Å². The van der Waals surface area contributed by atoms with Gasteiger partial charge in [-0.1, -0.05) is 6.07 Å². The number of ether oxygens (including phenoxy) is 1. The largest absolute Gasteiger partial charge is 0.491 e. The molecule has 150 valence electrons. The van der Waals surface area contributed by atoms with Crippen molar-refractivity contribution in [1.29, 1.82) is 0 Å². The highest BCUT2D eigenvalue weighted by atomic mass is 16.6. The fourth-order valence-electron chi connectivity index (χ4n) is 3.00. The Morgan fingerprint density at radius 3 is 2.45 bits per heavy atom. The first kappa shape index (κ1) is 20.0. The topological polar surface area (TPSA) is 119 Å². The SMILES string of the molecule is CC(C)Oc1ccc(NC(=O)CCN2C(=O)c3cccc([N+](=O)[O-])c3C2=O)cc1. The number of nitrogens with one attached hydrogen (secondary N) is 1. The number of nitro groups is 1. The molecule has 0 saturated carbocycles. The van der Waals surface area contributed by atoms with Crippen LogP contribution in [0.2, 0.25) is 0 Å². The molecule has 2 aromatic rings. The monoisotopic (exact) mass is 397 g/mol. The summed E-state index contributed by atoms with van der Waals surface area (Å²) in [7, 11) is 0. The van der Waals surface area contributed by atoms with Crippen LogP contribution in [0.4, 0.5) is 11.4 Å². The number of hydrogen-bond acceptors (Lipinski definition) is 6. The summed E-state index contributed by atoms with van der Waals surface area (Å²) in [5.41, 5.74) is -0.130. The highest BCUT2D eigenvalue weighted by Gasteiger charge is 2.40. The van der Waals surface area contributed by atoms with Crippen molar-refractivity contribution < 1.29 is 24.0 Å². The molecule has 0 aliphatic carbocycles. The van der Waals surface area contributed by atoms with Crippen molar-refractivity contribution >= 4 is 29.1 Å². The Morgan fingerprint density at radius 1 is 1.14 bits per heavy atom. The van der Waals surface area contributed by atoms with Gasteiger partial charge < -0.3 is 10.1 Å². The Balaban J connectivity index is 1.62. The van der Waals surface area contributed by atoms with Crippen LogP contribution >= 0.6 is 0 Å². The van der Waals surface area contributed by atoms with Crippen LogP contribution in [0, 0.1) is 10.1 Å². The van der Waals surface area contributed by atoms with E-state index in [2.05, 4.69) is 5.32 Å². The molecule has 0 unspecified atom stereocenters. The number of amides is 3. The van der Waals surface area contributed by atoms with Crippen LogP contribution in [-0.2, 0) is 4.79 Å². The lowest BCUT2D eigenvalue weighted by molar-refractivity contribution is -0.385. The van der Waals surface area contributed by atoms with Crippen LogP contribution in [0.5, 0.6) is 5.75 Å². The average Bonchev–Trinajstić information content (AvgIpc) is 2.91. The van der Waals surface area contributed by atoms with E-state index >= 15 is 0 Å². The molecular formula is C20H19N3O6. The number of anilines is 1. The number of imide groups is 1. The van der Waals surface area contributed by atoms with E-state index in [1.54, 1.807) is 24.3 Å². The van der Waals surface area contributed by atoms with Gasteiger partial charge in [0.25, 0.3) is 17.5 Å². The number of carbonyl (C=O) groups excluding carboxylic acids is 3. The molecule has 1 heterocycles. The Morgan fingerprint density at radius 2 is 1.83 bits per heavy atom. The summed E-state index contributed by atoms with van der Waals surface area (Å²) >= 11 is 0. The lowest BCUT2D eigenvalue weighted by Gasteiger charge is -2.14. The van der Waals surface area contributed by atoms with Crippen molar-refractivity contribution in [3.8, 4) is 5.75 Å². The number of nitro benzene ring substituents is 1. The molecule has 3 amide bonds. The molecule has 29 heavy (non-hydrogen) atoms. The zero-order chi connectivity index (χ0) is 21.1. The number of fused-ring (bicyclic) bond motifs is 1. The summed E-state index contributed by atoms with van der Waals surface area (Å²) in [5.74, 6) is -1.13. The maximum Gasteiger partial charge on any atom is 0.282 e. The van der Waals surface area contributed by atoms with Gasteiger partial charge in [0.2, 0.25) is 5.91 Å². The second-order valence-electron chi connectivity index (χ2n) is 6.71. The lowest BCUT2D eigenvalue weighted by Crippen LogP contribution is -2.33. The molecule has 0 bridgehead atoms. The molecule has 0 spiro atoms. The maximum absolute atomic E-state index is 12.5. The van der Waals surface area contributed by atoms with E-state index in [1.807, 2.05) is 13.8 Å². The minimum absolute atomic E-state index is 0.0228. The van der Waals surface area contributed by atoms with Gasteiger partial charge in [-0.25, -0.2) is 0 Å². The third kappa shape index (κ3) is 4.23. The van der Waals surface area contributed by atoms with E-state index in [4.69, 9.17) is 4.74 Å². The molecule has 3 rings (SSSR count). The zero-order valence-electron chi connectivity index (χ0n) is 15.9. The fraction of sp³-hybridized carbons (Fsp3) is 0.250. The second-order valence-corrected chi connectivity index (χ2v) is 6.71. The van der Waals surface area contributed by atoms with Gasteiger partial charge in [-0.3, -0.25) is 29.4 Å². The van der Waals surface area contributed by atoms with Gasteiger partial charge in [-0.2, -0.15) is 0 Å². The summed E-state index contributed by atoms with van der Waals surface area (Å²) in [4.78, 5) is 48.4. The van der Waals surface area contributed by atoms with Crippen LogP contribution < -0.4 is 10.1 Å². The molecule has 0 radical (unpaired) electrons. The number of benzene rings is 2. The van der Waals surface area contributed by atoms with E-state index in [0.29, 0.717) is 11.4 Å². The molecule has 0 atom stereocenters. The van der Waals surface area contributed by atoms with Gasteiger partial charge in [-0.05, 0) is 44.2 Å². The van der Waals surface area contributed by atoms with Gasteiger partial charge in [0, 0.05) is 24.7 Å². The zero-order valence-corrected chi connectivity index (χ0v) is 15.9. The molecule has 2 aromatic carbocycles. The maximum atomic E-state index is 12.5. The first-order valence-electron chi connectivity index (χ1n) is 8.98. The Hall–Kier alpha value is -3.75. The van der Waals surface area contributed by atoms with Crippen LogP contribution in [-0.4, -0.2) is 40.2 Å². The van der Waals surface area contributed by atoms with E-state index in [0.717, 1.165) is 4.90 Å². The first-order valence-corrected chi connectivity index (χ1v) is 8.98. The summed E-state index contributed by atoms with van der Waals surface area (Å²) < 4.78 is 5.53. The molecule has 0 saturated heterocycles. The summed E-state index contributed by atoms with van der Waals surface area (Å²) in [6.45, 7) is 3.64. The lowest BCUT2D eigenvalue weighted by atomic mass is 10.1. The van der Waals surface area contributed by atoms with Gasteiger partial charge >= 0.3 is 0 Å². The molecule has 9 nitrogen and oxygen atoms in total. The normalized spacial score (nSPS) is 12.9. The molecular weight excluding hydrogens is 378 g/mol. The quantitative estimate of drug-likeness (QED) is 0.436. The molecule has 1 aliphatic rings. The van der Waals surface area contributed by atoms with Crippen molar-refractivity contribution in [2.75, 3.05) is 11.9 Å². The summed E-state index contributed by atoms with van der Waals surface area (Å²) in [6.07, 6.45) is -0.102. The highest BCUT2D eigenvalue weighted by Crippen LogP contribution is 2.30. The number of nitrogens with zero attached hydrogens (tertiary/aromatic N) is 2. The number of carbonyl (C=O) groups is 3. The van der Waals surface area contributed by atoms with E-state index in [1.165, 1.54) is 18.2 Å². The predicted molar refractivity (Wildman–Crippen MR) is 104 cm³/mol. The second kappa shape index (κ2) is 8.09. The van der Waals surface area contributed by atoms with E-state index in [9.17, 15) is 24.5 Å². The van der Waals surface area contributed by atoms with Crippen molar-refractivity contribution in [2.24, 2.45) is 0 Å². The minimum atomic E-state index is -0.764. The van der Waals surface area contributed by atoms with Crippen molar-refractivity contribution in [3.05, 3.63) is 63.7 Å². The standard InChI is InChI=1S/C20H19N3O6/c1-12(2)29-14-8-6-13(7-9-14)21-17(24)10-11-22-19(25)15-4-3-5-16(23(27)28)18(15)20(22)26/h3-9,12H,10-11H2,1-2H3,(H,21,24). The molecule has 0 fully saturated rings. The van der Waals surface area contributed by atoms with E-state index in [-0.39, 0.29) is 30.2 Å². The molecule has 9 heteroatoms. The Bertz CT molecular complexity index is 984. The predicted octanol–water partition coefficient (Wildman–Crippen LogP) is 3.01. The summed E-state index contributed by atoms with van der Waals surface area (Å²) in [5, 5.41) is 13.8. The first-order chi connectivity index (χ1) is 13.8. The minimum Gasteiger partial charge on any atom is -0.491 e. The van der Waals surface area contributed by atoms with Crippen LogP contribution in [0.1, 0.15) is 41.0 Å². The van der Waals surface area contributed by atoms with Gasteiger partial charge in [-0.15, -0.1) is 0 Å². The van der Waals surface area contributed by atoms with Crippen LogP contribution in [0.15, 0.2) is 42.5 Å². The molecule has 0 aromatic heterocycles.